The number of ether oxygens (including phenoxy) is 1. The highest BCUT2D eigenvalue weighted by Crippen LogP contribution is 2.26. The van der Waals surface area contributed by atoms with Crippen molar-refractivity contribution < 1.29 is 14.6 Å². The van der Waals surface area contributed by atoms with Gasteiger partial charge in [-0.3, -0.25) is 4.79 Å². The van der Waals surface area contributed by atoms with Crippen LogP contribution in [0.25, 0.3) is 0 Å². The molecule has 1 aromatic carbocycles. The maximum atomic E-state index is 11.9. The zero-order valence-electron chi connectivity index (χ0n) is 9.90. The van der Waals surface area contributed by atoms with E-state index in [9.17, 15) is 9.90 Å². The summed E-state index contributed by atoms with van der Waals surface area (Å²) < 4.78 is 5.00. The van der Waals surface area contributed by atoms with Gasteiger partial charge in [0.1, 0.15) is 5.41 Å². The van der Waals surface area contributed by atoms with Crippen molar-refractivity contribution in [3.8, 4) is 0 Å². The van der Waals surface area contributed by atoms with Crippen LogP contribution in [-0.4, -0.2) is 30.8 Å². The van der Waals surface area contributed by atoms with Crippen LogP contribution in [-0.2, 0) is 16.1 Å². The molecule has 4 heteroatoms. The first-order chi connectivity index (χ1) is 8.16. The Morgan fingerprint density at radius 3 is 2.82 bits per heavy atom. The zero-order chi connectivity index (χ0) is 12.3. The molecule has 4 nitrogen and oxygen atoms in total. The molecule has 0 unspecified atom stereocenters. The van der Waals surface area contributed by atoms with Crippen LogP contribution >= 0.6 is 0 Å². The maximum Gasteiger partial charge on any atom is 0.233 e. The number of benzene rings is 1. The van der Waals surface area contributed by atoms with Crippen molar-refractivity contribution in [1.82, 2.24) is 5.32 Å². The van der Waals surface area contributed by atoms with E-state index in [1.54, 1.807) is 0 Å². The summed E-state index contributed by atoms with van der Waals surface area (Å²) in [7, 11) is 0. The third kappa shape index (κ3) is 2.48. The van der Waals surface area contributed by atoms with E-state index in [1.165, 1.54) is 5.56 Å². The second kappa shape index (κ2) is 4.85. The molecule has 1 aromatic rings. The number of aryl methyl sites for hydroxylation is 1. The maximum absolute atomic E-state index is 11.9. The summed E-state index contributed by atoms with van der Waals surface area (Å²) in [4.78, 5) is 11.9. The molecular formula is C13H17NO3. The molecule has 0 atom stereocenters. The number of nitrogens with one attached hydrogen (secondary N) is 1. The zero-order valence-corrected chi connectivity index (χ0v) is 9.90. The number of amides is 1. The first kappa shape index (κ1) is 12.1. The van der Waals surface area contributed by atoms with Gasteiger partial charge in [-0.25, -0.2) is 0 Å². The monoisotopic (exact) mass is 235 g/mol. The Labute approximate surface area is 101 Å². The molecule has 2 rings (SSSR count). The second-order valence-corrected chi connectivity index (χ2v) is 4.60. The van der Waals surface area contributed by atoms with E-state index in [0.717, 1.165) is 5.56 Å². The lowest BCUT2D eigenvalue weighted by molar-refractivity contribution is -0.170. The Morgan fingerprint density at radius 1 is 1.53 bits per heavy atom. The minimum absolute atomic E-state index is 0.132. The molecule has 1 heterocycles. The highest BCUT2D eigenvalue weighted by Gasteiger charge is 2.45. The minimum atomic E-state index is -0.718. The molecular weight excluding hydrogens is 218 g/mol. The van der Waals surface area contributed by atoms with Gasteiger partial charge in [0.25, 0.3) is 0 Å². The Kier molecular flexibility index (Phi) is 3.45. The van der Waals surface area contributed by atoms with Gasteiger partial charge in [-0.05, 0) is 12.5 Å². The Balaban J connectivity index is 1.92. The van der Waals surface area contributed by atoms with Gasteiger partial charge in [0.05, 0.1) is 19.8 Å². The van der Waals surface area contributed by atoms with Crippen molar-refractivity contribution in [1.29, 1.82) is 0 Å². The van der Waals surface area contributed by atoms with E-state index < -0.39 is 5.41 Å². The number of carbonyl (C=O) groups excluding carboxylic acids is 1. The first-order valence-electron chi connectivity index (χ1n) is 5.69. The lowest BCUT2D eigenvalue weighted by atomic mass is 9.86. The predicted molar refractivity (Wildman–Crippen MR) is 63.4 cm³/mol. The summed E-state index contributed by atoms with van der Waals surface area (Å²) >= 11 is 0. The van der Waals surface area contributed by atoms with Crippen LogP contribution in [0.15, 0.2) is 24.3 Å². The second-order valence-electron chi connectivity index (χ2n) is 4.60. The van der Waals surface area contributed by atoms with Crippen LogP contribution in [0.1, 0.15) is 11.1 Å². The summed E-state index contributed by atoms with van der Waals surface area (Å²) in [5, 5.41) is 12.0. The van der Waals surface area contributed by atoms with Crippen molar-refractivity contribution in [2.75, 3.05) is 19.8 Å². The molecule has 2 N–H and O–H groups in total. The van der Waals surface area contributed by atoms with Crippen molar-refractivity contribution in [2.24, 2.45) is 5.41 Å². The fourth-order valence-corrected chi connectivity index (χ4v) is 1.83. The fourth-order valence-electron chi connectivity index (χ4n) is 1.83. The highest BCUT2D eigenvalue weighted by molar-refractivity contribution is 5.83. The SMILES string of the molecule is Cc1cccc(CNC(=O)C2(CO)COC2)c1. The van der Waals surface area contributed by atoms with Crippen LogP contribution in [0.2, 0.25) is 0 Å². The van der Waals surface area contributed by atoms with Crippen LogP contribution in [0.5, 0.6) is 0 Å². The number of aliphatic hydroxyl groups is 1. The molecule has 1 amide bonds. The normalized spacial score (nSPS) is 17.3. The molecule has 1 aliphatic heterocycles. The smallest absolute Gasteiger partial charge is 0.233 e. The molecule has 1 aliphatic rings. The lowest BCUT2D eigenvalue weighted by Crippen LogP contribution is -2.56. The lowest BCUT2D eigenvalue weighted by Gasteiger charge is -2.38. The fraction of sp³-hybridized carbons (Fsp3) is 0.462. The van der Waals surface area contributed by atoms with E-state index in [4.69, 9.17) is 4.74 Å². The van der Waals surface area contributed by atoms with E-state index in [1.807, 2.05) is 31.2 Å². The largest absolute Gasteiger partial charge is 0.395 e. The summed E-state index contributed by atoms with van der Waals surface area (Å²) in [6.45, 7) is 2.96. The third-order valence-corrected chi connectivity index (χ3v) is 3.08. The van der Waals surface area contributed by atoms with Crippen LogP contribution in [0.4, 0.5) is 0 Å². The van der Waals surface area contributed by atoms with Gasteiger partial charge in [-0.1, -0.05) is 29.8 Å². The molecule has 0 spiro atoms. The Bertz CT molecular complexity index is 407. The molecule has 0 bridgehead atoms. The molecule has 92 valence electrons. The summed E-state index contributed by atoms with van der Waals surface area (Å²) in [6, 6.07) is 7.98. The molecule has 17 heavy (non-hydrogen) atoms. The topological polar surface area (TPSA) is 58.6 Å². The summed E-state index contributed by atoms with van der Waals surface area (Å²) in [6.07, 6.45) is 0. The predicted octanol–water partition coefficient (Wildman–Crippen LogP) is 0.620. The van der Waals surface area contributed by atoms with Crippen LogP contribution in [0, 0.1) is 12.3 Å². The van der Waals surface area contributed by atoms with Crippen molar-refractivity contribution in [3.63, 3.8) is 0 Å². The van der Waals surface area contributed by atoms with Crippen LogP contribution < -0.4 is 5.32 Å². The quantitative estimate of drug-likeness (QED) is 0.804. The first-order valence-corrected chi connectivity index (χ1v) is 5.69. The van der Waals surface area contributed by atoms with Gasteiger partial charge in [0, 0.05) is 6.54 Å². The molecule has 0 saturated carbocycles. The minimum Gasteiger partial charge on any atom is -0.395 e. The van der Waals surface area contributed by atoms with Gasteiger partial charge in [0.2, 0.25) is 5.91 Å². The van der Waals surface area contributed by atoms with Crippen molar-refractivity contribution in [3.05, 3.63) is 35.4 Å². The molecule has 0 aromatic heterocycles. The van der Waals surface area contributed by atoms with E-state index in [0.29, 0.717) is 19.8 Å². The van der Waals surface area contributed by atoms with Gasteiger partial charge in [0.15, 0.2) is 0 Å². The van der Waals surface area contributed by atoms with E-state index in [2.05, 4.69) is 5.32 Å². The number of hydrogen-bond acceptors (Lipinski definition) is 3. The number of hydrogen-bond donors (Lipinski definition) is 2. The summed E-state index contributed by atoms with van der Waals surface area (Å²) in [5.74, 6) is -0.132. The van der Waals surface area contributed by atoms with Crippen molar-refractivity contribution >= 4 is 5.91 Å². The highest BCUT2D eigenvalue weighted by atomic mass is 16.5. The number of rotatable bonds is 4. The van der Waals surface area contributed by atoms with Gasteiger partial charge in [-0.15, -0.1) is 0 Å². The molecule has 1 saturated heterocycles. The van der Waals surface area contributed by atoms with Crippen LogP contribution in [0.3, 0.4) is 0 Å². The summed E-state index contributed by atoms with van der Waals surface area (Å²) in [5.41, 5.74) is 1.51. The van der Waals surface area contributed by atoms with E-state index in [-0.39, 0.29) is 12.5 Å². The third-order valence-electron chi connectivity index (χ3n) is 3.08. The van der Waals surface area contributed by atoms with Gasteiger partial charge in [-0.2, -0.15) is 0 Å². The molecule has 0 aliphatic carbocycles. The number of aliphatic hydroxyl groups excluding tert-OH is 1. The number of carbonyl (C=O) groups is 1. The molecule has 0 radical (unpaired) electrons. The van der Waals surface area contributed by atoms with Gasteiger partial charge < -0.3 is 15.2 Å². The Morgan fingerprint density at radius 2 is 2.29 bits per heavy atom. The van der Waals surface area contributed by atoms with Gasteiger partial charge >= 0.3 is 0 Å². The molecule has 1 fully saturated rings. The Hall–Kier alpha value is -1.39. The average molecular weight is 235 g/mol. The van der Waals surface area contributed by atoms with E-state index >= 15 is 0 Å². The standard InChI is InChI=1S/C13H17NO3/c1-10-3-2-4-11(5-10)6-14-12(16)13(7-15)8-17-9-13/h2-5,15H,6-9H2,1H3,(H,14,16). The average Bonchev–Trinajstić information content (AvgIpc) is 2.26. The van der Waals surface area contributed by atoms with Crippen molar-refractivity contribution in [2.45, 2.75) is 13.5 Å².